The van der Waals surface area contributed by atoms with Crippen LogP contribution in [-0.2, 0) is 16.0 Å². The number of nitrogens with two attached hydrogens (primary N) is 1. The van der Waals surface area contributed by atoms with Gasteiger partial charge in [-0.05, 0) is 42.9 Å². The fourth-order valence-electron chi connectivity index (χ4n) is 2.84. The van der Waals surface area contributed by atoms with Gasteiger partial charge in [0.1, 0.15) is 0 Å². The molecule has 2 rings (SSSR count). The van der Waals surface area contributed by atoms with Gasteiger partial charge in [-0.15, -0.1) is 12.4 Å². The Balaban J connectivity index is 0.00000288. The Morgan fingerprint density at radius 1 is 1.29 bits per heavy atom. The van der Waals surface area contributed by atoms with Crippen molar-refractivity contribution in [1.82, 2.24) is 10.2 Å². The number of carbonyl (C=O) groups excluding carboxylic acids is 2. The van der Waals surface area contributed by atoms with Crippen molar-refractivity contribution in [2.45, 2.75) is 32.2 Å². The molecule has 0 radical (unpaired) electrons. The van der Waals surface area contributed by atoms with E-state index in [9.17, 15) is 9.59 Å². The third-order valence-corrected chi connectivity index (χ3v) is 4.50. The molecule has 5 nitrogen and oxygen atoms in total. The standard InChI is InChI=1S/C17H24ClN3O2.ClH/c1-12(22)20-11-14-6-8-21(9-7-14)17(23)16(19)10-13-2-4-15(18)5-3-13;/h2-5,14,16H,6-11,19H2,1H3,(H,20,22);1H/t16-;/m1./s1. The monoisotopic (exact) mass is 373 g/mol. The van der Waals surface area contributed by atoms with E-state index in [1.807, 2.05) is 29.2 Å². The van der Waals surface area contributed by atoms with Gasteiger partial charge < -0.3 is 16.0 Å². The van der Waals surface area contributed by atoms with Crippen molar-refractivity contribution in [3.05, 3.63) is 34.9 Å². The molecular weight excluding hydrogens is 349 g/mol. The summed E-state index contributed by atoms with van der Waals surface area (Å²) in [6.07, 6.45) is 2.32. The maximum atomic E-state index is 12.4. The first-order valence-corrected chi connectivity index (χ1v) is 8.36. The summed E-state index contributed by atoms with van der Waals surface area (Å²) in [7, 11) is 0. The molecule has 1 aliphatic rings. The molecule has 0 aromatic heterocycles. The zero-order chi connectivity index (χ0) is 16.8. The Hall–Kier alpha value is -1.30. The minimum Gasteiger partial charge on any atom is -0.356 e. The van der Waals surface area contributed by atoms with Gasteiger partial charge in [0.25, 0.3) is 0 Å². The van der Waals surface area contributed by atoms with Crippen LogP contribution in [0.25, 0.3) is 0 Å². The first-order chi connectivity index (χ1) is 11.0. The van der Waals surface area contributed by atoms with Crippen molar-refractivity contribution >= 4 is 35.8 Å². The number of hydrogen-bond acceptors (Lipinski definition) is 3. The summed E-state index contributed by atoms with van der Waals surface area (Å²) < 4.78 is 0. The normalized spacial score (nSPS) is 16.2. The van der Waals surface area contributed by atoms with E-state index in [-0.39, 0.29) is 24.2 Å². The van der Waals surface area contributed by atoms with E-state index in [4.69, 9.17) is 17.3 Å². The lowest BCUT2D eigenvalue weighted by atomic mass is 9.95. The predicted octanol–water partition coefficient (Wildman–Crippen LogP) is 2.01. The minimum absolute atomic E-state index is 0. The molecule has 1 atom stereocenters. The van der Waals surface area contributed by atoms with Gasteiger partial charge in [-0.2, -0.15) is 0 Å². The average molecular weight is 374 g/mol. The zero-order valence-electron chi connectivity index (χ0n) is 13.8. The summed E-state index contributed by atoms with van der Waals surface area (Å²) >= 11 is 5.86. The van der Waals surface area contributed by atoms with Crippen molar-refractivity contribution in [1.29, 1.82) is 0 Å². The van der Waals surface area contributed by atoms with Gasteiger partial charge in [-0.3, -0.25) is 9.59 Å². The highest BCUT2D eigenvalue weighted by atomic mass is 35.5. The molecule has 1 aromatic rings. The maximum Gasteiger partial charge on any atom is 0.239 e. The second-order valence-corrected chi connectivity index (χ2v) is 6.58. The molecular formula is C17H25Cl2N3O2. The average Bonchev–Trinajstić information content (AvgIpc) is 2.55. The number of amides is 2. The molecule has 1 heterocycles. The molecule has 24 heavy (non-hydrogen) atoms. The quantitative estimate of drug-likeness (QED) is 0.828. The van der Waals surface area contributed by atoms with Crippen LogP contribution in [0.3, 0.4) is 0 Å². The number of carbonyl (C=O) groups is 2. The summed E-state index contributed by atoms with van der Waals surface area (Å²) in [4.78, 5) is 25.2. The van der Waals surface area contributed by atoms with Gasteiger partial charge in [0.2, 0.25) is 11.8 Å². The highest BCUT2D eigenvalue weighted by Gasteiger charge is 2.26. The molecule has 2 amide bonds. The first kappa shape index (κ1) is 20.7. The summed E-state index contributed by atoms with van der Waals surface area (Å²) in [5, 5.41) is 3.52. The van der Waals surface area contributed by atoms with Gasteiger partial charge in [0, 0.05) is 31.6 Å². The third kappa shape index (κ3) is 6.30. The number of rotatable bonds is 5. The van der Waals surface area contributed by atoms with E-state index >= 15 is 0 Å². The van der Waals surface area contributed by atoms with Gasteiger partial charge in [0.15, 0.2) is 0 Å². The van der Waals surface area contributed by atoms with Crippen molar-refractivity contribution in [3.63, 3.8) is 0 Å². The topological polar surface area (TPSA) is 75.4 Å². The van der Waals surface area contributed by atoms with Crippen LogP contribution in [0.5, 0.6) is 0 Å². The highest BCUT2D eigenvalue weighted by molar-refractivity contribution is 6.30. The molecule has 0 bridgehead atoms. The number of hydrogen-bond donors (Lipinski definition) is 2. The molecule has 1 aliphatic heterocycles. The largest absolute Gasteiger partial charge is 0.356 e. The summed E-state index contributed by atoms with van der Waals surface area (Å²) in [6.45, 7) is 3.62. The van der Waals surface area contributed by atoms with Gasteiger partial charge >= 0.3 is 0 Å². The lowest BCUT2D eigenvalue weighted by Gasteiger charge is -2.33. The zero-order valence-corrected chi connectivity index (χ0v) is 15.4. The van der Waals surface area contributed by atoms with Crippen LogP contribution >= 0.6 is 24.0 Å². The smallest absolute Gasteiger partial charge is 0.239 e. The number of nitrogens with one attached hydrogen (secondary N) is 1. The van der Waals surface area contributed by atoms with Crippen LogP contribution < -0.4 is 11.1 Å². The Morgan fingerprint density at radius 2 is 1.88 bits per heavy atom. The van der Waals surface area contributed by atoms with Crippen molar-refractivity contribution in [2.24, 2.45) is 11.7 Å². The van der Waals surface area contributed by atoms with E-state index in [0.717, 1.165) is 18.4 Å². The fourth-order valence-corrected chi connectivity index (χ4v) is 2.97. The van der Waals surface area contributed by atoms with Crippen LogP contribution in [0.4, 0.5) is 0 Å². The Labute approximate surface area is 154 Å². The molecule has 1 fully saturated rings. The number of nitrogens with zero attached hydrogens (tertiary/aromatic N) is 1. The SMILES string of the molecule is CC(=O)NCC1CCN(C(=O)[C@H](N)Cc2ccc(Cl)cc2)CC1.Cl. The number of benzene rings is 1. The van der Waals surface area contributed by atoms with Crippen LogP contribution in [-0.4, -0.2) is 42.4 Å². The predicted molar refractivity (Wildman–Crippen MR) is 98.4 cm³/mol. The lowest BCUT2D eigenvalue weighted by molar-refractivity contribution is -0.134. The van der Waals surface area contributed by atoms with E-state index < -0.39 is 6.04 Å². The van der Waals surface area contributed by atoms with Crippen molar-refractivity contribution in [3.8, 4) is 0 Å². The second-order valence-electron chi connectivity index (χ2n) is 6.14. The highest BCUT2D eigenvalue weighted by Crippen LogP contribution is 2.18. The molecule has 3 N–H and O–H groups in total. The van der Waals surface area contributed by atoms with Crippen LogP contribution in [0.2, 0.25) is 5.02 Å². The second kappa shape index (κ2) is 9.87. The van der Waals surface area contributed by atoms with Gasteiger partial charge in [-0.25, -0.2) is 0 Å². The van der Waals surface area contributed by atoms with Gasteiger partial charge in [0.05, 0.1) is 6.04 Å². The Bertz CT molecular complexity index is 543. The molecule has 7 heteroatoms. The van der Waals surface area contributed by atoms with E-state index in [1.165, 1.54) is 6.92 Å². The Morgan fingerprint density at radius 3 is 2.42 bits per heavy atom. The van der Waals surface area contributed by atoms with Crippen LogP contribution in [0.15, 0.2) is 24.3 Å². The maximum absolute atomic E-state index is 12.4. The molecule has 0 unspecified atom stereocenters. The van der Waals surface area contributed by atoms with Crippen molar-refractivity contribution in [2.75, 3.05) is 19.6 Å². The first-order valence-electron chi connectivity index (χ1n) is 7.99. The molecule has 1 saturated heterocycles. The molecule has 0 aliphatic carbocycles. The minimum atomic E-state index is -0.525. The lowest BCUT2D eigenvalue weighted by Crippen LogP contribution is -2.48. The molecule has 0 saturated carbocycles. The molecule has 134 valence electrons. The number of likely N-dealkylation sites (tertiary alicyclic amines) is 1. The third-order valence-electron chi connectivity index (χ3n) is 4.25. The van der Waals surface area contributed by atoms with Gasteiger partial charge in [-0.1, -0.05) is 23.7 Å². The summed E-state index contributed by atoms with van der Waals surface area (Å²) in [6, 6.07) is 6.89. The van der Waals surface area contributed by atoms with Crippen LogP contribution in [0, 0.1) is 5.92 Å². The summed E-state index contributed by atoms with van der Waals surface area (Å²) in [5.41, 5.74) is 7.08. The number of halogens is 2. The molecule has 0 spiro atoms. The van der Waals surface area contributed by atoms with E-state index in [1.54, 1.807) is 0 Å². The summed E-state index contributed by atoms with van der Waals surface area (Å²) in [5.74, 6) is 0.432. The number of piperidine rings is 1. The molecule has 1 aromatic carbocycles. The van der Waals surface area contributed by atoms with E-state index in [2.05, 4.69) is 5.32 Å². The Kier molecular flexibility index (Phi) is 8.53. The van der Waals surface area contributed by atoms with Crippen LogP contribution in [0.1, 0.15) is 25.3 Å². The fraction of sp³-hybridized carbons (Fsp3) is 0.529. The van der Waals surface area contributed by atoms with Crippen molar-refractivity contribution < 1.29 is 9.59 Å². The van der Waals surface area contributed by atoms with E-state index in [0.29, 0.717) is 37.0 Å².